The second kappa shape index (κ2) is 8.62. The molecule has 1 aromatic rings. The molecule has 0 bridgehead atoms. The highest BCUT2D eigenvalue weighted by Gasteiger charge is 2.27. The molecule has 0 aliphatic carbocycles. The molecule has 0 fully saturated rings. The van der Waals surface area contributed by atoms with Gasteiger partial charge in [-0.15, -0.1) is 0 Å². The molecular formula is C19H27NO4. The van der Waals surface area contributed by atoms with Gasteiger partial charge in [0.1, 0.15) is 6.04 Å². The molecule has 1 aromatic carbocycles. The number of aliphatic carboxylic acids is 1. The first-order valence-electron chi connectivity index (χ1n) is 8.36. The number of benzene rings is 1. The zero-order valence-electron chi connectivity index (χ0n) is 15.0. The summed E-state index contributed by atoms with van der Waals surface area (Å²) >= 11 is 0. The predicted octanol–water partition coefficient (Wildman–Crippen LogP) is 3.24. The number of rotatable bonds is 8. The molecule has 1 rings (SSSR count). The van der Waals surface area contributed by atoms with E-state index < -0.39 is 17.9 Å². The van der Waals surface area contributed by atoms with Gasteiger partial charge in [-0.25, -0.2) is 4.79 Å². The summed E-state index contributed by atoms with van der Waals surface area (Å²) in [5, 5.41) is 11.9. The molecule has 2 N–H and O–H groups in total. The topological polar surface area (TPSA) is 83.5 Å². The number of carbonyl (C=O) groups excluding carboxylic acids is 2. The maximum Gasteiger partial charge on any atom is 0.326 e. The second-order valence-corrected chi connectivity index (χ2v) is 6.57. The van der Waals surface area contributed by atoms with E-state index in [0.29, 0.717) is 12.0 Å². The summed E-state index contributed by atoms with van der Waals surface area (Å²) in [6.45, 7) is 9.10. The van der Waals surface area contributed by atoms with E-state index in [1.165, 1.54) is 0 Å². The van der Waals surface area contributed by atoms with Gasteiger partial charge in [-0.3, -0.25) is 9.59 Å². The highest BCUT2D eigenvalue weighted by atomic mass is 16.4. The molecule has 5 nitrogen and oxygen atoms in total. The number of carboxylic acid groups (broad SMARTS) is 1. The number of carboxylic acids is 1. The van der Waals surface area contributed by atoms with Crippen molar-refractivity contribution in [3.05, 3.63) is 35.4 Å². The van der Waals surface area contributed by atoms with Crippen LogP contribution in [0.15, 0.2) is 24.3 Å². The Morgan fingerprint density at radius 2 is 1.58 bits per heavy atom. The molecule has 0 aliphatic heterocycles. The maximum absolute atomic E-state index is 12.4. The number of amides is 1. The van der Waals surface area contributed by atoms with Crippen LogP contribution in [0.4, 0.5) is 0 Å². The summed E-state index contributed by atoms with van der Waals surface area (Å²) in [4.78, 5) is 35.6. The Balaban J connectivity index is 2.85. The average Bonchev–Trinajstić information content (AvgIpc) is 2.57. The number of hydrogen-bond acceptors (Lipinski definition) is 3. The van der Waals surface area contributed by atoms with Crippen molar-refractivity contribution >= 4 is 17.7 Å². The number of nitrogens with one attached hydrogen (secondary N) is 1. The van der Waals surface area contributed by atoms with Crippen LogP contribution in [0, 0.1) is 11.8 Å². The first-order chi connectivity index (χ1) is 11.2. The largest absolute Gasteiger partial charge is 0.480 e. The van der Waals surface area contributed by atoms with Crippen LogP contribution in [0.3, 0.4) is 0 Å². The Bertz CT molecular complexity index is 592. The minimum absolute atomic E-state index is 0.0568. The van der Waals surface area contributed by atoms with Crippen LogP contribution in [0.5, 0.6) is 0 Å². The molecular weight excluding hydrogens is 306 g/mol. The van der Waals surface area contributed by atoms with Gasteiger partial charge in [0.25, 0.3) is 0 Å². The quantitative estimate of drug-likeness (QED) is 0.715. The first kappa shape index (κ1) is 19.9. The van der Waals surface area contributed by atoms with Crippen LogP contribution >= 0.6 is 0 Å². The van der Waals surface area contributed by atoms with E-state index in [1.807, 2.05) is 20.8 Å². The Kier molecular flexibility index (Phi) is 7.14. The van der Waals surface area contributed by atoms with Crippen LogP contribution in [0.1, 0.15) is 62.9 Å². The van der Waals surface area contributed by atoms with Crippen molar-refractivity contribution in [2.24, 2.45) is 11.8 Å². The molecule has 1 amide bonds. The summed E-state index contributed by atoms with van der Waals surface area (Å²) in [5.41, 5.74) is 1.37. The average molecular weight is 333 g/mol. The van der Waals surface area contributed by atoms with Gasteiger partial charge in [0.05, 0.1) is 5.92 Å². The fourth-order valence-corrected chi connectivity index (χ4v) is 2.38. The van der Waals surface area contributed by atoms with Crippen molar-refractivity contribution < 1.29 is 19.5 Å². The monoisotopic (exact) mass is 333 g/mol. The van der Waals surface area contributed by atoms with E-state index in [-0.39, 0.29) is 23.5 Å². The van der Waals surface area contributed by atoms with Gasteiger partial charge < -0.3 is 10.4 Å². The van der Waals surface area contributed by atoms with E-state index in [2.05, 4.69) is 5.32 Å². The highest BCUT2D eigenvalue weighted by molar-refractivity contribution is 5.97. The Hall–Kier alpha value is -2.17. The fraction of sp³-hybridized carbons (Fsp3) is 0.526. The molecule has 24 heavy (non-hydrogen) atoms. The van der Waals surface area contributed by atoms with Gasteiger partial charge >= 0.3 is 5.97 Å². The Morgan fingerprint density at radius 3 is 2.00 bits per heavy atom. The standard InChI is InChI=1S/C19H27NO4/c1-6-12(4)16(19(23)24)20-18(22)13(5)14-7-9-15(10-8-14)17(21)11(2)3/h7-13,16H,6H2,1-5H3,(H,20,22)(H,23,24)/t12-,13?,16-/m0/s1. The number of hydrogen-bond donors (Lipinski definition) is 2. The third kappa shape index (κ3) is 4.91. The zero-order chi connectivity index (χ0) is 18.4. The molecule has 0 saturated heterocycles. The summed E-state index contributed by atoms with van der Waals surface area (Å²) in [7, 11) is 0. The molecule has 0 saturated carbocycles. The van der Waals surface area contributed by atoms with Crippen molar-refractivity contribution in [2.45, 2.75) is 53.0 Å². The fourth-order valence-electron chi connectivity index (χ4n) is 2.38. The molecule has 0 aliphatic rings. The van der Waals surface area contributed by atoms with E-state index in [0.717, 1.165) is 5.56 Å². The molecule has 5 heteroatoms. The molecule has 0 radical (unpaired) electrons. The lowest BCUT2D eigenvalue weighted by atomic mass is 9.94. The third-order valence-corrected chi connectivity index (χ3v) is 4.39. The summed E-state index contributed by atoms with van der Waals surface area (Å²) in [6, 6.07) is 6.03. The number of carbonyl (C=O) groups is 3. The van der Waals surface area contributed by atoms with Crippen LogP contribution in [-0.4, -0.2) is 28.8 Å². The molecule has 0 heterocycles. The maximum atomic E-state index is 12.4. The van der Waals surface area contributed by atoms with Gasteiger partial charge in [-0.2, -0.15) is 0 Å². The van der Waals surface area contributed by atoms with Crippen molar-refractivity contribution in [1.29, 1.82) is 0 Å². The van der Waals surface area contributed by atoms with Crippen molar-refractivity contribution in [2.75, 3.05) is 0 Å². The van der Waals surface area contributed by atoms with Gasteiger partial charge in [-0.1, -0.05) is 58.4 Å². The van der Waals surface area contributed by atoms with Crippen molar-refractivity contribution in [3.63, 3.8) is 0 Å². The van der Waals surface area contributed by atoms with Crippen LogP contribution in [0.2, 0.25) is 0 Å². The first-order valence-corrected chi connectivity index (χ1v) is 8.36. The van der Waals surface area contributed by atoms with Crippen LogP contribution < -0.4 is 5.32 Å². The second-order valence-electron chi connectivity index (χ2n) is 6.57. The Labute approximate surface area is 143 Å². The van der Waals surface area contributed by atoms with E-state index in [1.54, 1.807) is 38.1 Å². The zero-order valence-corrected chi connectivity index (χ0v) is 15.0. The van der Waals surface area contributed by atoms with E-state index >= 15 is 0 Å². The van der Waals surface area contributed by atoms with Gasteiger partial charge in [0, 0.05) is 11.5 Å². The highest BCUT2D eigenvalue weighted by Crippen LogP contribution is 2.19. The van der Waals surface area contributed by atoms with Crippen LogP contribution in [-0.2, 0) is 9.59 Å². The summed E-state index contributed by atoms with van der Waals surface area (Å²) in [5.74, 6) is -2.01. The van der Waals surface area contributed by atoms with Crippen LogP contribution in [0.25, 0.3) is 0 Å². The Morgan fingerprint density at radius 1 is 1.04 bits per heavy atom. The molecule has 0 aromatic heterocycles. The smallest absolute Gasteiger partial charge is 0.326 e. The van der Waals surface area contributed by atoms with Gasteiger partial charge in [0.15, 0.2) is 5.78 Å². The summed E-state index contributed by atoms with van der Waals surface area (Å²) < 4.78 is 0. The normalized spacial score (nSPS) is 14.8. The minimum Gasteiger partial charge on any atom is -0.480 e. The predicted molar refractivity (Wildman–Crippen MR) is 93.0 cm³/mol. The number of ketones is 1. The molecule has 0 spiro atoms. The van der Waals surface area contributed by atoms with Crippen molar-refractivity contribution in [3.8, 4) is 0 Å². The van der Waals surface area contributed by atoms with Crippen molar-refractivity contribution in [1.82, 2.24) is 5.32 Å². The lowest BCUT2D eigenvalue weighted by Gasteiger charge is -2.22. The molecule has 1 unspecified atom stereocenters. The third-order valence-electron chi connectivity index (χ3n) is 4.39. The number of Topliss-reactive ketones (excluding diaryl/α,β-unsaturated/α-hetero) is 1. The van der Waals surface area contributed by atoms with Gasteiger partial charge in [0.2, 0.25) is 5.91 Å². The molecule has 3 atom stereocenters. The minimum atomic E-state index is -1.03. The lowest BCUT2D eigenvalue weighted by molar-refractivity contribution is -0.143. The lowest BCUT2D eigenvalue weighted by Crippen LogP contribution is -2.46. The SMILES string of the molecule is CC[C@H](C)[C@H](NC(=O)C(C)c1ccc(C(=O)C(C)C)cc1)C(=O)O. The summed E-state index contributed by atoms with van der Waals surface area (Å²) in [6.07, 6.45) is 0.664. The molecule has 132 valence electrons. The van der Waals surface area contributed by atoms with E-state index in [9.17, 15) is 19.5 Å². The van der Waals surface area contributed by atoms with Gasteiger partial charge in [-0.05, 0) is 18.4 Å². The van der Waals surface area contributed by atoms with E-state index in [4.69, 9.17) is 0 Å².